The van der Waals surface area contributed by atoms with E-state index >= 15 is 0 Å². The van der Waals surface area contributed by atoms with Gasteiger partial charge < -0.3 is 0 Å². The summed E-state index contributed by atoms with van der Waals surface area (Å²) in [6.45, 7) is 5.56. The molecule has 5 rings (SSSR count). The minimum absolute atomic E-state index is 0.645. The second-order valence-electron chi connectivity index (χ2n) is 6.83. The van der Waals surface area contributed by atoms with E-state index in [9.17, 15) is 0 Å². The van der Waals surface area contributed by atoms with Gasteiger partial charge in [-0.2, -0.15) is 10.2 Å². The van der Waals surface area contributed by atoms with Crippen LogP contribution in [0.2, 0.25) is 0 Å². The van der Waals surface area contributed by atoms with Gasteiger partial charge in [0.1, 0.15) is 12.0 Å². The second-order valence-corrected chi connectivity index (χ2v) is 6.83. The van der Waals surface area contributed by atoms with Crippen molar-refractivity contribution in [3.05, 3.63) is 78.4 Å². The van der Waals surface area contributed by atoms with Crippen LogP contribution in [0.25, 0.3) is 33.1 Å². The third kappa shape index (κ3) is 3.20. The van der Waals surface area contributed by atoms with Gasteiger partial charge in [-0.3, -0.25) is 19.9 Å². The summed E-state index contributed by atoms with van der Waals surface area (Å²) in [5.41, 5.74) is 7.26. The maximum Gasteiger partial charge on any atom is 0.116 e. The number of nitrogens with zero attached hydrogens (tertiary/aromatic N) is 8. The Hall–Kier alpha value is -4.46. The highest BCUT2D eigenvalue weighted by molar-refractivity contribution is 6.42. The Balaban J connectivity index is 1.73. The predicted molar refractivity (Wildman–Crippen MR) is 123 cm³/mol. The SMILES string of the molecule is C=N/N=C1/C(c2cccc3nccnc23)=CN=C/C1=C(/C)c1cncc2cncnc12. The molecule has 8 nitrogen and oxygen atoms in total. The zero-order valence-corrected chi connectivity index (χ0v) is 16.6. The van der Waals surface area contributed by atoms with E-state index < -0.39 is 0 Å². The Morgan fingerprint density at radius 1 is 0.968 bits per heavy atom. The van der Waals surface area contributed by atoms with Gasteiger partial charge in [0.05, 0.1) is 16.6 Å². The van der Waals surface area contributed by atoms with Crippen molar-refractivity contribution in [2.75, 3.05) is 0 Å². The lowest BCUT2D eigenvalue weighted by atomic mass is 9.90. The van der Waals surface area contributed by atoms with Crippen LogP contribution in [0.5, 0.6) is 0 Å². The number of aromatic nitrogens is 5. The topological polar surface area (TPSA) is 102 Å². The van der Waals surface area contributed by atoms with Crippen molar-refractivity contribution in [2.45, 2.75) is 6.92 Å². The number of hydrogen-bond donors (Lipinski definition) is 0. The van der Waals surface area contributed by atoms with Crippen molar-refractivity contribution < 1.29 is 0 Å². The fourth-order valence-electron chi connectivity index (χ4n) is 3.65. The third-order valence-corrected chi connectivity index (χ3v) is 5.10. The van der Waals surface area contributed by atoms with E-state index in [-0.39, 0.29) is 0 Å². The molecule has 0 spiro atoms. The van der Waals surface area contributed by atoms with Crippen LogP contribution in [-0.2, 0) is 0 Å². The van der Waals surface area contributed by atoms with Gasteiger partial charge in [-0.1, -0.05) is 12.1 Å². The second kappa shape index (κ2) is 7.75. The zero-order chi connectivity index (χ0) is 21.2. The van der Waals surface area contributed by atoms with E-state index in [4.69, 9.17) is 0 Å². The zero-order valence-electron chi connectivity index (χ0n) is 16.6. The molecule has 1 aromatic carbocycles. The standard InChI is InChI=1S/C23H16N8/c1-14(17-10-25-8-15-9-27-13-30-21(15)17)18-11-26-12-19(22(18)31-24-2)16-4-3-5-20-23(16)29-7-6-28-20/h3-13H,2H2,1H3/b18-14+,31-22+. The van der Waals surface area contributed by atoms with Crippen molar-refractivity contribution in [3.63, 3.8) is 0 Å². The molecule has 0 bridgehead atoms. The fraction of sp³-hybridized carbons (Fsp3) is 0.0435. The average Bonchev–Trinajstić information content (AvgIpc) is 2.83. The molecule has 0 unspecified atom stereocenters. The van der Waals surface area contributed by atoms with Crippen molar-refractivity contribution in [2.24, 2.45) is 15.2 Å². The Bertz CT molecular complexity index is 1450. The lowest BCUT2D eigenvalue weighted by Gasteiger charge is -2.18. The Kier molecular flexibility index (Phi) is 4.64. The first kappa shape index (κ1) is 18.6. The Morgan fingerprint density at radius 3 is 2.74 bits per heavy atom. The van der Waals surface area contributed by atoms with Gasteiger partial charge in [0.2, 0.25) is 0 Å². The molecule has 148 valence electrons. The average molecular weight is 404 g/mol. The summed E-state index contributed by atoms with van der Waals surface area (Å²) < 4.78 is 0. The molecule has 4 aromatic rings. The number of para-hydroxylation sites is 1. The van der Waals surface area contributed by atoms with Gasteiger partial charge in [-0.15, -0.1) is 0 Å². The molecule has 0 amide bonds. The quantitative estimate of drug-likeness (QED) is 0.380. The summed E-state index contributed by atoms with van der Waals surface area (Å²) in [7, 11) is 0. The van der Waals surface area contributed by atoms with Crippen LogP contribution < -0.4 is 0 Å². The van der Waals surface area contributed by atoms with E-state index in [1.54, 1.807) is 43.4 Å². The molecular weight excluding hydrogens is 388 g/mol. The molecule has 3 aromatic heterocycles. The minimum atomic E-state index is 0.645. The van der Waals surface area contributed by atoms with Crippen molar-refractivity contribution in [1.82, 2.24) is 24.9 Å². The fourth-order valence-corrected chi connectivity index (χ4v) is 3.65. The van der Waals surface area contributed by atoms with E-state index in [0.717, 1.165) is 49.8 Å². The first-order chi connectivity index (χ1) is 15.3. The number of pyridine rings is 1. The first-order valence-electron chi connectivity index (χ1n) is 9.51. The van der Waals surface area contributed by atoms with Crippen molar-refractivity contribution >= 4 is 51.7 Å². The van der Waals surface area contributed by atoms with Gasteiger partial charge >= 0.3 is 0 Å². The lowest BCUT2D eigenvalue weighted by Crippen LogP contribution is -2.13. The molecular formula is C23H16N8. The number of hydrogen-bond acceptors (Lipinski definition) is 8. The molecule has 8 heteroatoms. The Morgan fingerprint density at radius 2 is 1.84 bits per heavy atom. The number of fused-ring (bicyclic) bond motifs is 2. The maximum absolute atomic E-state index is 4.52. The van der Waals surface area contributed by atoms with Crippen LogP contribution in [0.4, 0.5) is 0 Å². The molecule has 0 N–H and O–H groups in total. The number of benzene rings is 1. The summed E-state index contributed by atoms with van der Waals surface area (Å²) in [5.74, 6) is 0. The third-order valence-electron chi connectivity index (χ3n) is 5.10. The van der Waals surface area contributed by atoms with Gasteiger partial charge in [0.15, 0.2) is 0 Å². The smallest absolute Gasteiger partial charge is 0.116 e. The Labute approximate surface area is 177 Å². The maximum atomic E-state index is 4.52. The van der Waals surface area contributed by atoms with E-state index in [0.29, 0.717) is 5.71 Å². The number of rotatable bonds is 3. The molecule has 0 aliphatic carbocycles. The molecule has 0 saturated heterocycles. The molecule has 1 aliphatic heterocycles. The van der Waals surface area contributed by atoms with E-state index in [2.05, 4.69) is 46.8 Å². The van der Waals surface area contributed by atoms with Crippen LogP contribution in [0.1, 0.15) is 18.1 Å². The molecule has 0 atom stereocenters. The van der Waals surface area contributed by atoms with Crippen LogP contribution in [0.3, 0.4) is 0 Å². The van der Waals surface area contributed by atoms with Crippen LogP contribution >= 0.6 is 0 Å². The van der Waals surface area contributed by atoms with Crippen molar-refractivity contribution in [1.29, 1.82) is 0 Å². The highest BCUT2D eigenvalue weighted by Gasteiger charge is 2.22. The predicted octanol–water partition coefficient (Wildman–Crippen LogP) is 3.92. The van der Waals surface area contributed by atoms with E-state index in [1.165, 1.54) is 6.33 Å². The summed E-state index contributed by atoms with van der Waals surface area (Å²) in [6.07, 6.45) is 13.7. The first-order valence-corrected chi connectivity index (χ1v) is 9.51. The summed E-state index contributed by atoms with van der Waals surface area (Å²) in [4.78, 5) is 26.3. The van der Waals surface area contributed by atoms with Gasteiger partial charge in [-0.25, -0.2) is 9.97 Å². The van der Waals surface area contributed by atoms with Crippen LogP contribution in [0.15, 0.2) is 82.5 Å². The molecule has 0 saturated carbocycles. The molecule has 31 heavy (non-hydrogen) atoms. The summed E-state index contributed by atoms with van der Waals surface area (Å²) >= 11 is 0. The molecule has 0 fully saturated rings. The monoisotopic (exact) mass is 404 g/mol. The molecule has 4 heterocycles. The number of aliphatic imine (C=N–C) groups is 1. The van der Waals surface area contributed by atoms with Crippen LogP contribution in [0, 0.1) is 0 Å². The van der Waals surface area contributed by atoms with Gasteiger partial charge in [0, 0.05) is 77.8 Å². The largest absolute Gasteiger partial charge is 0.263 e. The summed E-state index contributed by atoms with van der Waals surface area (Å²) in [5, 5.41) is 9.05. The van der Waals surface area contributed by atoms with Crippen molar-refractivity contribution in [3.8, 4) is 0 Å². The van der Waals surface area contributed by atoms with Crippen LogP contribution in [-0.4, -0.2) is 43.6 Å². The lowest BCUT2D eigenvalue weighted by molar-refractivity contribution is 1.20. The normalized spacial score (nSPS) is 16.5. The van der Waals surface area contributed by atoms with Gasteiger partial charge in [0.25, 0.3) is 0 Å². The highest BCUT2D eigenvalue weighted by Crippen LogP contribution is 2.32. The highest BCUT2D eigenvalue weighted by atomic mass is 15.2. The van der Waals surface area contributed by atoms with Gasteiger partial charge in [-0.05, 0) is 18.6 Å². The molecule has 1 aliphatic rings. The summed E-state index contributed by atoms with van der Waals surface area (Å²) in [6, 6.07) is 5.83. The minimum Gasteiger partial charge on any atom is -0.263 e. The molecule has 0 radical (unpaired) electrons. The number of allylic oxidation sites excluding steroid dienone is 3. The van der Waals surface area contributed by atoms with E-state index in [1.807, 2.05) is 25.1 Å².